The molecule has 0 fully saturated rings. The predicted octanol–water partition coefficient (Wildman–Crippen LogP) is 2.82. The third-order valence-electron chi connectivity index (χ3n) is 2.44. The Labute approximate surface area is 118 Å². The Kier molecular flexibility index (Phi) is 3.94. The van der Waals surface area contributed by atoms with E-state index in [0.29, 0.717) is 10.7 Å². The minimum absolute atomic E-state index is 0.275. The van der Waals surface area contributed by atoms with E-state index in [0.717, 1.165) is 5.69 Å². The van der Waals surface area contributed by atoms with Gasteiger partial charge in [-0.15, -0.1) is 11.3 Å². The Morgan fingerprint density at radius 3 is 2.85 bits per heavy atom. The minimum atomic E-state index is -0.628. The molecule has 0 atom stereocenters. The molecular weight excluding hydrogens is 280 g/mol. The molecule has 8 heteroatoms. The number of nitrogens with zero attached hydrogens (tertiary/aromatic N) is 3. The van der Waals surface area contributed by atoms with Crippen molar-refractivity contribution in [3.05, 3.63) is 44.4 Å². The Morgan fingerprint density at radius 1 is 1.50 bits per heavy atom. The van der Waals surface area contributed by atoms with Crippen LogP contribution in [-0.4, -0.2) is 21.2 Å². The lowest BCUT2D eigenvalue weighted by Crippen LogP contribution is -1.95. The topological polar surface area (TPSA) is 101 Å². The zero-order valence-corrected chi connectivity index (χ0v) is 11.6. The predicted molar refractivity (Wildman–Crippen MR) is 77.6 cm³/mol. The van der Waals surface area contributed by atoms with Gasteiger partial charge in [-0.1, -0.05) is 0 Å². The number of hydrogen-bond donors (Lipinski definition) is 2. The molecule has 0 bridgehead atoms. The normalized spacial score (nSPS) is 10.9. The first-order chi connectivity index (χ1) is 9.47. The molecule has 104 valence electrons. The third kappa shape index (κ3) is 3.09. The lowest BCUT2D eigenvalue weighted by molar-refractivity contribution is -0.385. The zero-order valence-electron chi connectivity index (χ0n) is 10.8. The molecule has 2 aromatic rings. The quantitative estimate of drug-likeness (QED) is 0.512. The van der Waals surface area contributed by atoms with Crippen LogP contribution in [0.25, 0.3) is 0 Å². The van der Waals surface area contributed by atoms with Gasteiger partial charge in [-0.25, -0.2) is 4.98 Å². The average Bonchev–Trinajstić information content (AvgIpc) is 2.78. The van der Waals surface area contributed by atoms with Crippen LogP contribution >= 0.6 is 11.3 Å². The van der Waals surface area contributed by atoms with Crippen molar-refractivity contribution in [2.24, 2.45) is 5.10 Å². The lowest BCUT2D eigenvalue weighted by Gasteiger charge is -2.02. The maximum absolute atomic E-state index is 10.8. The molecule has 0 saturated carbocycles. The lowest BCUT2D eigenvalue weighted by atomic mass is 10.1. The number of nitro groups is 1. The first kappa shape index (κ1) is 13.9. The molecule has 0 aliphatic carbocycles. The molecule has 20 heavy (non-hydrogen) atoms. The van der Waals surface area contributed by atoms with Gasteiger partial charge in [0.1, 0.15) is 0 Å². The van der Waals surface area contributed by atoms with E-state index in [9.17, 15) is 15.2 Å². The van der Waals surface area contributed by atoms with Crippen molar-refractivity contribution in [3.8, 4) is 5.75 Å². The molecule has 0 aliphatic heterocycles. The van der Waals surface area contributed by atoms with E-state index in [4.69, 9.17) is 0 Å². The van der Waals surface area contributed by atoms with Crippen LogP contribution in [0.4, 0.5) is 10.8 Å². The number of hydrazone groups is 1. The maximum atomic E-state index is 10.8. The molecule has 0 spiro atoms. The summed E-state index contributed by atoms with van der Waals surface area (Å²) in [4.78, 5) is 14.3. The Bertz CT molecular complexity index is 681. The highest BCUT2D eigenvalue weighted by Gasteiger charge is 2.16. The number of thiazole rings is 1. The summed E-state index contributed by atoms with van der Waals surface area (Å²) >= 11 is 1.39. The van der Waals surface area contributed by atoms with Crippen molar-refractivity contribution in [2.45, 2.75) is 13.8 Å². The van der Waals surface area contributed by atoms with Gasteiger partial charge in [0.2, 0.25) is 10.9 Å². The first-order valence-electron chi connectivity index (χ1n) is 5.66. The summed E-state index contributed by atoms with van der Waals surface area (Å²) in [7, 11) is 0. The van der Waals surface area contributed by atoms with Crippen LogP contribution in [0.15, 0.2) is 22.6 Å². The Morgan fingerprint density at radius 2 is 2.25 bits per heavy atom. The van der Waals surface area contributed by atoms with E-state index in [1.165, 1.54) is 23.6 Å². The number of phenolic OH excluding ortho intramolecular Hbond substituents is 1. The second kappa shape index (κ2) is 5.66. The summed E-state index contributed by atoms with van der Waals surface area (Å²) in [5.74, 6) is -0.401. The number of nitro benzene ring substituents is 1. The van der Waals surface area contributed by atoms with Crippen LogP contribution in [0.2, 0.25) is 0 Å². The van der Waals surface area contributed by atoms with Crippen LogP contribution < -0.4 is 5.43 Å². The summed E-state index contributed by atoms with van der Waals surface area (Å²) in [6.07, 6.45) is 1.33. The smallest absolute Gasteiger partial charge is 0.311 e. The monoisotopic (exact) mass is 292 g/mol. The number of rotatable bonds is 4. The summed E-state index contributed by atoms with van der Waals surface area (Å²) < 4.78 is 0. The van der Waals surface area contributed by atoms with Gasteiger partial charge >= 0.3 is 5.69 Å². The van der Waals surface area contributed by atoms with Gasteiger partial charge in [-0.2, -0.15) is 5.10 Å². The summed E-state index contributed by atoms with van der Waals surface area (Å²) in [5, 5.41) is 27.0. The summed E-state index contributed by atoms with van der Waals surface area (Å²) in [5.41, 5.74) is 4.19. The highest BCUT2D eigenvalue weighted by molar-refractivity contribution is 7.13. The number of aromatic nitrogens is 1. The number of benzene rings is 1. The molecule has 0 unspecified atom stereocenters. The standard InChI is InChI=1S/C12H12N4O3S/c1-7-3-9(11(17)10(4-7)16(18)19)5-13-15-12-14-8(2)6-20-12/h3-6,17H,1-2H3,(H,14,15). The number of nitrogens with one attached hydrogen (secondary N) is 1. The fourth-order valence-electron chi connectivity index (χ4n) is 1.59. The van der Waals surface area contributed by atoms with Crippen LogP contribution in [0.5, 0.6) is 5.75 Å². The fourth-order valence-corrected chi connectivity index (χ4v) is 2.22. The van der Waals surface area contributed by atoms with E-state index in [2.05, 4.69) is 15.5 Å². The van der Waals surface area contributed by atoms with Gasteiger partial charge in [0.25, 0.3) is 0 Å². The Balaban J connectivity index is 2.22. The molecule has 0 amide bonds. The van der Waals surface area contributed by atoms with Crippen LogP contribution in [0.3, 0.4) is 0 Å². The zero-order chi connectivity index (χ0) is 14.7. The first-order valence-corrected chi connectivity index (χ1v) is 6.54. The molecule has 1 heterocycles. The highest BCUT2D eigenvalue weighted by Crippen LogP contribution is 2.30. The van der Waals surface area contributed by atoms with Gasteiger partial charge in [-0.05, 0) is 25.5 Å². The molecule has 7 nitrogen and oxygen atoms in total. The van der Waals surface area contributed by atoms with Crippen LogP contribution in [0.1, 0.15) is 16.8 Å². The molecule has 2 rings (SSSR count). The van der Waals surface area contributed by atoms with Gasteiger partial charge in [-0.3, -0.25) is 15.5 Å². The van der Waals surface area contributed by atoms with Gasteiger partial charge in [0, 0.05) is 17.0 Å². The van der Waals surface area contributed by atoms with Crippen molar-refractivity contribution in [2.75, 3.05) is 5.43 Å². The van der Waals surface area contributed by atoms with E-state index >= 15 is 0 Å². The number of anilines is 1. The van der Waals surface area contributed by atoms with E-state index in [1.54, 1.807) is 13.0 Å². The number of aryl methyl sites for hydroxylation is 2. The van der Waals surface area contributed by atoms with Crippen molar-refractivity contribution in [1.82, 2.24) is 4.98 Å². The Hall–Kier alpha value is -2.48. The second-order valence-electron chi connectivity index (χ2n) is 4.14. The SMILES string of the molecule is Cc1cc(C=NNc2nc(C)cs2)c(O)c([N+](=O)[O-])c1. The molecule has 0 radical (unpaired) electrons. The summed E-state index contributed by atoms with van der Waals surface area (Å²) in [6.45, 7) is 3.57. The largest absolute Gasteiger partial charge is 0.502 e. The highest BCUT2D eigenvalue weighted by atomic mass is 32.1. The van der Waals surface area contributed by atoms with Crippen molar-refractivity contribution >= 4 is 28.4 Å². The average molecular weight is 292 g/mol. The van der Waals surface area contributed by atoms with Crippen molar-refractivity contribution in [1.29, 1.82) is 0 Å². The molecule has 0 saturated heterocycles. The molecular formula is C12H12N4O3S. The fraction of sp³-hybridized carbons (Fsp3) is 0.167. The third-order valence-corrected chi connectivity index (χ3v) is 3.31. The van der Waals surface area contributed by atoms with E-state index < -0.39 is 10.7 Å². The molecule has 0 aliphatic rings. The van der Waals surface area contributed by atoms with E-state index in [1.807, 2.05) is 12.3 Å². The van der Waals surface area contributed by atoms with Crippen molar-refractivity contribution < 1.29 is 10.0 Å². The van der Waals surface area contributed by atoms with Gasteiger partial charge in [0.15, 0.2) is 0 Å². The maximum Gasteiger partial charge on any atom is 0.311 e. The van der Waals surface area contributed by atoms with Gasteiger partial charge < -0.3 is 5.11 Å². The number of aromatic hydroxyl groups is 1. The number of hydrogen-bond acceptors (Lipinski definition) is 7. The van der Waals surface area contributed by atoms with Crippen LogP contribution in [0, 0.1) is 24.0 Å². The van der Waals surface area contributed by atoms with Crippen LogP contribution in [-0.2, 0) is 0 Å². The molecule has 1 aromatic carbocycles. The van der Waals surface area contributed by atoms with E-state index in [-0.39, 0.29) is 11.3 Å². The molecule has 2 N–H and O–H groups in total. The van der Waals surface area contributed by atoms with Crippen molar-refractivity contribution in [3.63, 3.8) is 0 Å². The second-order valence-corrected chi connectivity index (χ2v) is 5.00. The summed E-state index contributed by atoms with van der Waals surface area (Å²) in [6, 6.07) is 2.92. The molecule has 1 aromatic heterocycles. The minimum Gasteiger partial charge on any atom is -0.502 e. The van der Waals surface area contributed by atoms with Gasteiger partial charge in [0.05, 0.1) is 16.8 Å². The number of phenols is 1.